The molecule has 0 unspecified atom stereocenters. The Labute approximate surface area is 152 Å². The fourth-order valence-electron chi connectivity index (χ4n) is 3.35. The molecular formula is C18H25N5OS. The molecule has 1 saturated carbocycles. The lowest BCUT2D eigenvalue weighted by Gasteiger charge is -2.34. The van der Waals surface area contributed by atoms with Crippen LogP contribution < -0.4 is 5.32 Å². The molecule has 1 fully saturated rings. The first-order valence-corrected chi connectivity index (χ1v) is 9.80. The maximum Gasteiger partial charge on any atom is 0.230 e. The average molecular weight is 359 g/mol. The Kier molecular flexibility index (Phi) is 5.73. The first kappa shape index (κ1) is 17.9. The van der Waals surface area contributed by atoms with Gasteiger partial charge in [0.15, 0.2) is 0 Å². The smallest absolute Gasteiger partial charge is 0.230 e. The second-order valence-electron chi connectivity index (χ2n) is 6.94. The molecule has 6 nitrogen and oxygen atoms in total. The summed E-state index contributed by atoms with van der Waals surface area (Å²) in [5.74, 6) is 1.57. The maximum atomic E-state index is 12.4. The zero-order chi connectivity index (χ0) is 17.8. The van der Waals surface area contributed by atoms with Crippen LogP contribution in [0.4, 0.5) is 0 Å². The first-order valence-electron chi connectivity index (χ1n) is 8.82. The maximum absolute atomic E-state index is 12.4. The molecule has 1 aliphatic carbocycles. The number of hydrogen-bond acceptors (Lipinski definition) is 5. The van der Waals surface area contributed by atoms with Crippen LogP contribution in [-0.4, -0.2) is 37.9 Å². The number of rotatable bonds is 5. The third kappa shape index (κ3) is 4.39. The summed E-state index contributed by atoms with van der Waals surface area (Å²) in [4.78, 5) is 12.4. The summed E-state index contributed by atoms with van der Waals surface area (Å²) in [6.07, 6.45) is 3.52. The van der Waals surface area contributed by atoms with Gasteiger partial charge in [-0.05, 0) is 53.3 Å². The number of hydrogen-bond donors (Lipinski definition) is 1. The van der Waals surface area contributed by atoms with Crippen molar-refractivity contribution in [3.63, 3.8) is 0 Å². The molecule has 25 heavy (non-hydrogen) atoms. The van der Waals surface area contributed by atoms with Crippen LogP contribution in [0.1, 0.15) is 38.7 Å². The largest absolute Gasteiger partial charge is 0.352 e. The van der Waals surface area contributed by atoms with Crippen molar-refractivity contribution in [2.24, 2.45) is 11.8 Å². The van der Waals surface area contributed by atoms with Crippen LogP contribution in [0.25, 0.3) is 5.69 Å². The summed E-state index contributed by atoms with van der Waals surface area (Å²) < 4.78 is 1.68. The Morgan fingerprint density at radius 2 is 2.20 bits per heavy atom. The summed E-state index contributed by atoms with van der Waals surface area (Å²) in [6, 6.07) is 8.26. The van der Waals surface area contributed by atoms with Crippen LogP contribution >= 0.6 is 11.8 Å². The Morgan fingerprint density at radius 3 is 3.00 bits per heavy atom. The van der Waals surface area contributed by atoms with Crippen molar-refractivity contribution in [1.82, 2.24) is 25.5 Å². The van der Waals surface area contributed by atoms with Crippen molar-refractivity contribution in [1.29, 1.82) is 0 Å². The molecule has 0 aliphatic heterocycles. The molecule has 1 aliphatic rings. The summed E-state index contributed by atoms with van der Waals surface area (Å²) in [5, 5.41) is 15.7. The second kappa shape index (κ2) is 7.99. The van der Waals surface area contributed by atoms with Crippen LogP contribution in [-0.2, 0) is 4.79 Å². The monoisotopic (exact) mass is 359 g/mol. The highest BCUT2D eigenvalue weighted by molar-refractivity contribution is 7.99. The Bertz CT molecular complexity index is 732. The molecule has 0 spiro atoms. The van der Waals surface area contributed by atoms with E-state index in [0.29, 0.717) is 22.7 Å². The van der Waals surface area contributed by atoms with Gasteiger partial charge in [0.05, 0.1) is 11.4 Å². The highest BCUT2D eigenvalue weighted by Gasteiger charge is 2.28. The van der Waals surface area contributed by atoms with Gasteiger partial charge in [0, 0.05) is 6.04 Å². The van der Waals surface area contributed by atoms with Crippen molar-refractivity contribution < 1.29 is 4.79 Å². The molecule has 0 saturated heterocycles. The molecule has 134 valence electrons. The third-order valence-corrected chi connectivity index (χ3v) is 5.99. The number of amides is 1. The van der Waals surface area contributed by atoms with Gasteiger partial charge in [-0.15, -0.1) is 5.10 Å². The molecule has 0 radical (unpaired) electrons. The average Bonchev–Trinajstić information content (AvgIpc) is 3.06. The molecule has 3 atom stereocenters. The molecule has 2 aromatic rings. The zero-order valence-electron chi connectivity index (χ0n) is 15.0. The van der Waals surface area contributed by atoms with E-state index in [1.807, 2.05) is 31.2 Å². The van der Waals surface area contributed by atoms with E-state index in [9.17, 15) is 4.79 Å². The topological polar surface area (TPSA) is 72.7 Å². The van der Waals surface area contributed by atoms with Gasteiger partial charge >= 0.3 is 0 Å². The van der Waals surface area contributed by atoms with E-state index in [1.165, 1.54) is 24.6 Å². The molecule has 1 aromatic heterocycles. The SMILES string of the molecule is Cc1cccc(-n2nnnc2SCC(=O)N[C@H]2CCC[C@@H](C)[C@@H]2C)c1. The number of carbonyl (C=O) groups excluding carboxylic acids is 1. The Balaban J connectivity index is 1.59. The number of benzene rings is 1. The van der Waals surface area contributed by atoms with Crippen molar-refractivity contribution in [3.05, 3.63) is 29.8 Å². The van der Waals surface area contributed by atoms with Crippen LogP contribution in [0.2, 0.25) is 0 Å². The van der Waals surface area contributed by atoms with Gasteiger partial charge in [-0.1, -0.05) is 50.6 Å². The van der Waals surface area contributed by atoms with Gasteiger partial charge in [0.1, 0.15) is 0 Å². The van der Waals surface area contributed by atoms with E-state index >= 15 is 0 Å². The highest BCUT2D eigenvalue weighted by Crippen LogP contribution is 2.29. The summed E-state index contributed by atoms with van der Waals surface area (Å²) >= 11 is 1.37. The van der Waals surface area contributed by atoms with Crippen LogP contribution in [0, 0.1) is 18.8 Å². The molecule has 1 aromatic carbocycles. The van der Waals surface area contributed by atoms with Crippen molar-refractivity contribution in [3.8, 4) is 5.69 Å². The van der Waals surface area contributed by atoms with Gasteiger partial charge in [0.2, 0.25) is 11.1 Å². The lowest BCUT2D eigenvalue weighted by molar-refractivity contribution is -0.120. The highest BCUT2D eigenvalue weighted by atomic mass is 32.2. The number of carbonyl (C=O) groups is 1. The zero-order valence-corrected chi connectivity index (χ0v) is 15.8. The molecule has 3 rings (SSSR count). The minimum Gasteiger partial charge on any atom is -0.352 e. The van der Waals surface area contributed by atoms with E-state index in [-0.39, 0.29) is 11.9 Å². The lowest BCUT2D eigenvalue weighted by Crippen LogP contribution is -2.44. The standard InChI is InChI=1S/C18H25N5OS/c1-12-6-4-8-15(10-12)23-18(20-21-22-23)25-11-17(24)19-16-9-5-7-13(2)14(16)3/h4,6,8,10,13-14,16H,5,7,9,11H2,1-3H3,(H,19,24)/t13-,14+,16+/m1/s1. The first-order chi connectivity index (χ1) is 12.0. The molecular weight excluding hydrogens is 334 g/mol. The quantitative estimate of drug-likeness (QED) is 0.831. The normalized spacial score (nSPS) is 23.4. The summed E-state index contributed by atoms with van der Waals surface area (Å²) in [5.41, 5.74) is 2.05. The molecule has 7 heteroatoms. The fraction of sp³-hybridized carbons (Fsp3) is 0.556. The van der Waals surface area contributed by atoms with E-state index < -0.39 is 0 Å². The predicted molar refractivity (Wildman–Crippen MR) is 98.7 cm³/mol. The lowest BCUT2D eigenvalue weighted by atomic mass is 9.78. The summed E-state index contributed by atoms with van der Waals surface area (Å²) in [7, 11) is 0. The molecule has 1 N–H and O–H groups in total. The van der Waals surface area contributed by atoms with Crippen LogP contribution in [0.3, 0.4) is 0 Å². The molecule has 1 heterocycles. The van der Waals surface area contributed by atoms with E-state index in [0.717, 1.165) is 17.7 Å². The van der Waals surface area contributed by atoms with Gasteiger partial charge in [0.25, 0.3) is 0 Å². The van der Waals surface area contributed by atoms with Crippen molar-refractivity contribution >= 4 is 17.7 Å². The number of aromatic nitrogens is 4. The number of nitrogens with zero attached hydrogens (tertiary/aromatic N) is 4. The fourth-order valence-corrected chi connectivity index (χ4v) is 4.06. The molecule has 0 bridgehead atoms. The number of nitrogens with one attached hydrogen (secondary N) is 1. The minimum atomic E-state index is 0.0507. The van der Waals surface area contributed by atoms with E-state index in [4.69, 9.17) is 0 Å². The number of aryl methyl sites for hydroxylation is 1. The predicted octanol–water partition coefficient (Wildman–Crippen LogP) is 3.00. The Hall–Kier alpha value is -1.89. The third-order valence-electron chi connectivity index (χ3n) is 5.07. The Morgan fingerprint density at radius 1 is 1.36 bits per heavy atom. The van der Waals surface area contributed by atoms with E-state index in [1.54, 1.807) is 4.68 Å². The van der Waals surface area contributed by atoms with Gasteiger partial charge in [-0.3, -0.25) is 4.79 Å². The van der Waals surface area contributed by atoms with Crippen LogP contribution in [0.5, 0.6) is 0 Å². The van der Waals surface area contributed by atoms with Crippen molar-refractivity contribution in [2.45, 2.75) is 51.2 Å². The molecule has 1 amide bonds. The van der Waals surface area contributed by atoms with Crippen molar-refractivity contribution in [2.75, 3.05) is 5.75 Å². The summed E-state index contributed by atoms with van der Waals surface area (Å²) in [6.45, 7) is 6.54. The number of tetrazole rings is 1. The number of thioether (sulfide) groups is 1. The van der Waals surface area contributed by atoms with Gasteiger partial charge in [-0.2, -0.15) is 4.68 Å². The van der Waals surface area contributed by atoms with E-state index in [2.05, 4.69) is 34.7 Å². The van der Waals surface area contributed by atoms with Gasteiger partial charge in [-0.25, -0.2) is 0 Å². The second-order valence-corrected chi connectivity index (χ2v) is 7.88. The van der Waals surface area contributed by atoms with Gasteiger partial charge < -0.3 is 5.32 Å². The minimum absolute atomic E-state index is 0.0507. The van der Waals surface area contributed by atoms with Crippen LogP contribution in [0.15, 0.2) is 29.4 Å².